The number of aryl methyl sites for hydroxylation is 1. The van der Waals surface area contributed by atoms with E-state index in [1.54, 1.807) is 0 Å². The maximum Gasteiger partial charge on any atom is 0.0798 e. The summed E-state index contributed by atoms with van der Waals surface area (Å²) in [5, 5.41) is 12.8. The number of fused-ring (bicyclic) bond motifs is 1. The predicted octanol–water partition coefficient (Wildman–Crippen LogP) is 2.45. The average molecular weight is 281 g/mol. The van der Waals surface area contributed by atoms with Crippen LogP contribution in [0.25, 0.3) is 10.9 Å². The van der Waals surface area contributed by atoms with E-state index in [0.29, 0.717) is 0 Å². The van der Waals surface area contributed by atoms with Crippen molar-refractivity contribution < 1.29 is 0 Å². The molecule has 1 aromatic carbocycles. The molecule has 0 fully saturated rings. The smallest absolute Gasteiger partial charge is 0.0798 e. The molecule has 2 heterocycles. The molecule has 21 heavy (non-hydrogen) atoms. The first-order chi connectivity index (χ1) is 10.3. The lowest BCUT2D eigenvalue weighted by Gasteiger charge is -2.20. The van der Waals surface area contributed by atoms with Crippen molar-refractivity contribution in [3.63, 3.8) is 0 Å². The van der Waals surface area contributed by atoms with E-state index in [9.17, 15) is 0 Å². The van der Waals surface area contributed by atoms with Crippen LogP contribution in [0.1, 0.15) is 30.6 Å². The summed E-state index contributed by atoms with van der Waals surface area (Å²) >= 11 is 0. The number of nitrogens with zero attached hydrogens (tertiary/aromatic N) is 4. The molecule has 0 saturated carbocycles. The molecule has 5 nitrogen and oxygen atoms in total. The van der Waals surface area contributed by atoms with Gasteiger partial charge in [0.1, 0.15) is 0 Å². The Morgan fingerprint density at radius 2 is 2.14 bits per heavy atom. The summed E-state index contributed by atoms with van der Waals surface area (Å²) in [6.07, 6.45) is 4.72. The fraction of sp³-hybridized carbons (Fsp3) is 0.312. The van der Waals surface area contributed by atoms with Gasteiger partial charge in [0, 0.05) is 18.6 Å². The molecule has 1 unspecified atom stereocenters. The van der Waals surface area contributed by atoms with Crippen LogP contribution in [0.5, 0.6) is 0 Å². The lowest BCUT2D eigenvalue weighted by atomic mass is 9.99. The van der Waals surface area contributed by atoms with E-state index in [1.807, 2.05) is 36.3 Å². The Balaban J connectivity index is 2.12. The van der Waals surface area contributed by atoms with Crippen molar-refractivity contribution in [2.24, 2.45) is 7.05 Å². The molecule has 0 saturated heterocycles. The summed E-state index contributed by atoms with van der Waals surface area (Å²) in [7, 11) is 1.92. The highest BCUT2D eigenvalue weighted by atomic mass is 15.4. The topological polar surface area (TPSA) is 55.6 Å². The van der Waals surface area contributed by atoms with E-state index < -0.39 is 0 Å². The number of pyridine rings is 1. The van der Waals surface area contributed by atoms with E-state index >= 15 is 0 Å². The van der Waals surface area contributed by atoms with Crippen molar-refractivity contribution in [2.45, 2.75) is 19.4 Å². The minimum atomic E-state index is 0.0675. The normalized spacial score (nSPS) is 12.7. The van der Waals surface area contributed by atoms with Gasteiger partial charge in [0.05, 0.1) is 23.4 Å². The highest BCUT2D eigenvalue weighted by Gasteiger charge is 2.19. The zero-order valence-corrected chi connectivity index (χ0v) is 12.3. The molecular formula is C16H19N5. The van der Waals surface area contributed by atoms with Crippen LogP contribution in [-0.4, -0.2) is 26.5 Å². The van der Waals surface area contributed by atoms with Crippen molar-refractivity contribution in [2.75, 3.05) is 6.54 Å². The monoisotopic (exact) mass is 281 g/mol. The highest BCUT2D eigenvalue weighted by Crippen LogP contribution is 2.27. The van der Waals surface area contributed by atoms with Gasteiger partial charge in [-0.3, -0.25) is 9.67 Å². The van der Waals surface area contributed by atoms with Crippen LogP contribution in [0.15, 0.2) is 42.7 Å². The van der Waals surface area contributed by atoms with Gasteiger partial charge in [-0.1, -0.05) is 30.3 Å². The van der Waals surface area contributed by atoms with Crippen LogP contribution in [0.3, 0.4) is 0 Å². The highest BCUT2D eigenvalue weighted by molar-refractivity contribution is 5.82. The fourth-order valence-electron chi connectivity index (χ4n) is 2.60. The van der Waals surface area contributed by atoms with Crippen LogP contribution < -0.4 is 5.32 Å². The van der Waals surface area contributed by atoms with Crippen molar-refractivity contribution in [1.82, 2.24) is 25.3 Å². The first-order valence-electron chi connectivity index (χ1n) is 7.23. The first kappa shape index (κ1) is 13.7. The van der Waals surface area contributed by atoms with E-state index in [2.05, 4.69) is 45.7 Å². The van der Waals surface area contributed by atoms with Crippen molar-refractivity contribution >= 4 is 10.9 Å². The molecule has 0 amide bonds. The maximum absolute atomic E-state index is 4.44. The lowest BCUT2D eigenvalue weighted by Crippen LogP contribution is -2.25. The number of aromatic nitrogens is 4. The van der Waals surface area contributed by atoms with E-state index in [1.165, 1.54) is 5.56 Å². The Labute approximate surface area is 124 Å². The van der Waals surface area contributed by atoms with Gasteiger partial charge in [-0.2, -0.15) is 0 Å². The van der Waals surface area contributed by atoms with Gasteiger partial charge in [-0.05, 0) is 30.7 Å². The second kappa shape index (κ2) is 6.01. The zero-order valence-electron chi connectivity index (χ0n) is 12.3. The molecule has 108 valence electrons. The van der Waals surface area contributed by atoms with Gasteiger partial charge in [-0.15, -0.1) is 5.10 Å². The third-order valence-electron chi connectivity index (χ3n) is 3.63. The molecule has 5 heteroatoms. The molecule has 0 spiro atoms. The Morgan fingerprint density at radius 3 is 2.90 bits per heavy atom. The second-order valence-electron chi connectivity index (χ2n) is 5.09. The summed E-state index contributed by atoms with van der Waals surface area (Å²) in [4.78, 5) is 4.44. The molecule has 3 rings (SSSR count). The van der Waals surface area contributed by atoms with Gasteiger partial charge in [0.25, 0.3) is 0 Å². The van der Waals surface area contributed by atoms with Crippen LogP contribution >= 0.6 is 0 Å². The Morgan fingerprint density at radius 1 is 1.24 bits per heavy atom. The number of benzene rings is 1. The van der Waals surface area contributed by atoms with E-state index in [4.69, 9.17) is 0 Å². The van der Waals surface area contributed by atoms with E-state index in [0.717, 1.165) is 29.6 Å². The standard InChI is InChI=1S/C16H19N5/c1-3-9-18-16(15-11-19-20-21(15)2)13-6-4-8-14-12(13)7-5-10-17-14/h4-8,10-11,16,18H,3,9H2,1-2H3. The van der Waals surface area contributed by atoms with Crippen molar-refractivity contribution in [3.05, 3.63) is 54.0 Å². The summed E-state index contributed by atoms with van der Waals surface area (Å²) in [6, 6.07) is 10.4. The van der Waals surface area contributed by atoms with Crippen molar-refractivity contribution in [1.29, 1.82) is 0 Å². The summed E-state index contributed by atoms with van der Waals surface area (Å²) < 4.78 is 1.82. The Kier molecular flexibility index (Phi) is 3.92. The molecule has 0 radical (unpaired) electrons. The first-order valence-corrected chi connectivity index (χ1v) is 7.23. The van der Waals surface area contributed by atoms with Gasteiger partial charge >= 0.3 is 0 Å². The summed E-state index contributed by atoms with van der Waals surface area (Å²) in [6.45, 7) is 3.10. The number of rotatable bonds is 5. The number of hydrogen-bond donors (Lipinski definition) is 1. The van der Waals surface area contributed by atoms with Crippen LogP contribution in [0.2, 0.25) is 0 Å². The number of hydrogen-bond acceptors (Lipinski definition) is 4. The SMILES string of the molecule is CCCNC(c1cccc2ncccc12)c1cnnn1C. The molecule has 0 aliphatic carbocycles. The van der Waals surface area contributed by atoms with Crippen LogP contribution in [-0.2, 0) is 7.05 Å². The third kappa shape index (κ3) is 2.64. The van der Waals surface area contributed by atoms with Crippen LogP contribution in [0, 0.1) is 0 Å². The molecule has 2 aromatic heterocycles. The molecule has 0 aliphatic heterocycles. The van der Waals surface area contributed by atoms with Gasteiger partial charge in [-0.25, -0.2) is 0 Å². The van der Waals surface area contributed by atoms with Gasteiger partial charge < -0.3 is 5.32 Å². The third-order valence-corrected chi connectivity index (χ3v) is 3.63. The van der Waals surface area contributed by atoms with Gasteiger partial charge in [0.15, 0.2) is 0 Å². The lowest BCUT2D eigenvalue weighted by molar-refractivity contribution is 0.553. The van der Waals surface area contributed by atoms with Gasteiger partial charge in [0.2, 0.25) is 0 Å². The number of nitrogens with one attached hydrogen (secondary N) is 1. The molecule has 1 N–H and O–H groups in total. The largest absolute Gasteiger partial charge is 0.305 e. The minimum Gasteiger partial charge on any atom is -0.305 e. The minimum absolute atomic E-state index is 0.0675. The Bertz CT molecular complexity index is 729. The maximum atomic E-state index is 4.44. The summed E-state index contributed by atoms with van der Waals surface area (Å²) in [5.74, 6) is 0. The van der Waals surface area contributed by atoms with Crippen molar-refractivity contribution in [3.8, 4) is 0 Å². The van der Waals surface area contributed by atoms with Crippen LogP contribution in [0.4, 0.5) is 0 Å². The second-order valence-corrected chi connectivity index (χ2v) is 5.09. The quantitative estimate of drug-likeness (QED) is 0.780. The fourth-order valence-corrected chi connectivity index (χ4v) is 2.60. The van der Waals surface area contributed by atoms with E-state index in [-0.39, 0.29) is 6.04 Å². The average Bonchev–Trinajstić information content (AvgIpc) is 2.94. The molecule has 3 aromatic rings. The summed E-state index contributed by atoms with van der Waals surface area (Å²) in [5.41, 5.74) is 3.27. The molecule has 0 bridgehead atoms. The predicted molar refractivity (Wildman–Crippen MR) is 82.9 cm³/mol. The Hall–Kier alpha value is -2.27. The zero-order chi connectivity index (χ0) is 14.7. The molecule has 0 aliphatic rings. The molecule has 1 atom stereocenters. The molecular weight excluding hydrogens is 262 g/mol.